The summed E-state index contributed by atoms with van der Waals surface area (Å²) >= 11 is 0. The molecule has 1 aromatic rings. The lowest BCUT2D eigenvalue weighted by molar-refractivity contribution is 0.306. The summed E-state index contributed by atoms with van der Waals surface area (Å²) in [6, 6.07) is 2.22. The van der Waals surface area contributed by atoms with Crippen LogP contribution in [0.3, 0.4) is 0 Å². The molecule has 0 amide bonds. The van der Waals surface area contributed by atoms with Crippen molar-refractivity contribution in [1.82, 2.24) is 4.57 Å². The standard InChI is InChI=1S/C12H20N2/c1-14-7-4-11(9-14)8-12(10-13)5-2-3-6-12/h4,7,9H,2-3,5-6,8,10,13H2,1H3. The van der Waals surface area contributed by atoms with Gasteiger partial charge in [0, 0.05) is 19.4 Å². The zero-order valence-electron chi connectivity index (χ0n) is 9.00. The monoisotopic (exact) mass is 192 g/mol. The maximum atomic E-state index is 5.92. The molecule has 1 aliphatic rings. The topological polar surface area (TPSA) is 30.9 Å². The molecule has 1 heterocycles. The van der Waals surface area contributed by atoms with Crippen LogP contribution in [0.25, 0.3) is 0 Å². The Hall–Kier alpha value is -0.760. The van der Waals surface area contributed by atoms with Crippen LogP contribution >= 0.6 is 0 Å². The second-order valence-electron chi connectivity index (χ2n) is 4.77. The normalized spacial score (nSPS) is 20.1. The fourth-order valence-corrected chi connectivity index (χ4v) is 2.68. The van der Waals surface area contributed by atoms with Crippen molar-refractivity contribution < 1.29 is 0 Å². The molecule has 1 fully saturated rings. The number of hydrogen-bond donors (Lipinski definition) is 1. The zero-order chi connectivity index (χ0) is 10.0. The van der Waals surface area contributed by atoms with Crippen molar-refractivity contribution in [2.75, 3.05) is 6.54 Å². The third-order valence-electron chi connectivity index (χ3n) is 3.57. The molecule has 0 spiro atoms. The molecule has 2 rings (SSSR count). The van der Waals surface area contributed by atoms with Gasteiger partial charge < -0.3 is 10.3 Å². The van der Waals surface area contributed by atoms with Crippen LogP contribution in [-0.4, -0.2) is 11.1 Å². The third kappa shape index (κ3) is 1.85. The summed E-state index contributed by atoms with van der Waals surface area (Å²) in [6.07, 6.45) is 10.9. The molecule has 14 heavy (non-hydrogen) atoms. The van der Waals surface area contributed by atoms with Gasteiger partial charge in [-0.15, -0.1) is 0 Å². The minimum absolute atomic E-state index is 0.418. The Kier molecular flexibility index (Phi) is 2.64. The van der Waals surface area contributed by atoms with Gasteiger partial charge in [-0.1, -0.05) is 12.8 Å². The first kappa shape index (κ1) is 9.78. The summed E-state index contributed by atoms with van der Waals surface area (Å²) in [5.74, 6) is 0. The maximum Gasteiger partial charge on any atom is 0.0106 e. The van der Waals surface area contributed by atoms with E-state index in [9.17, 15) is 0 Å². The van der Waals surface area contributed by atoms with Crippen molar-refractivity contribution in [3.05, 3.63) is 24.0 Å². The molecule has 1 aromatic heterocycles. The van der Waals surface area contributed by atoms with Crippen LogP contribution in [-0.2, 0) is 13.5 Å². The number of aromatic nitrogens is 1. The Morgan fingerprint density at radius 3 is 2.64 bits per heavy atom. The van der Waals surface area contributed by atoms with Crippen LogP contribution in [0.15, 0.2) is 18.5 Å². The zero-order valence-corrected chi connectivity index (χ0v) is 9.00. The van der Waals surface area contributed by atoms with E-state index < -0.39 is 0 Å². The molecule has 0 bridgehead atoms. The van der Waals surface area contributed by atoms with Crippen molar-refractivity contribution in [2.45, 2.75) is 32.1 Å². The summed E-state index contributed by atoms with van der Waals surface area (Å²) in [6.45, 7) is 0.849. The van der Waals surface area contributed by atoms with E-state index in [2.05, 4.69) is 30.1 Å². The van der Waals surface area contributed by atoms with Gasteiger partial charge in [-0.05, 0) is 42.9 Å². The van der Waals surface area contributed by atoms with E-state index in [0.29, 0.717) is 5.41 Å². The Balaban J connectivity index is 2.08. The third-order valence-corrected chi connectivity index (χ3v) is 3.57. The molecule has 2 nitrogen and oxygen atoms in total. The summed E-state index contributed by atoms with van der Waals surface area (Å²) in [5, 5.41) is 0. The first-order valence-electron chi connectivity index (χ1n) is 5.55. The van der Waals surface area contributed by atoms with Gasteiger partial charge in [0.15, 0.2) is 0 Å². The average molecular weight is 192 g/mol. The number of nitrogens with zero attached hydrogens (tertiary/aromatic N) is 1. The molecule has 0 radical (unpaired) electrons. The number of aryl methyl sites for hydroxylation is 1. The molecule has 0 aliphatic heterocycles. The maximum absolute atomic E-state index is 5.92. The lowest BCUT2D eigenvalue weighted by atomic mass is 9.81. The average Bonchev–Trinajstić information content (AvgIpc) is 2.77. The van der Waals surface area contributed by atoms with E-state index >= 15 is 0 Å². The molecule has 0 saturated heterocycles. The van der Waals surface area contributed by atoms with Gasteiger partial charge in [-0.2, -0.15) is 0 Å². The second kappa shape index (κ2) is 3.77. The SMILES string of the molecule is Cn1ccc(CC2(CN)CCCC2)c1. The second-order valence-corrected chi connectivity index (χ2v) is 4.77. The summed E-state index contributed by atoms with van der Waals surface area (Å²) < 4.78 is 2.12. The highest BCUT2D eigenvalue weighted by Crippen LogP contribution is 2.39. The quantitative estimate of drug-likeness (QED) is 0.781. The number of rotatable bonds is 3. The Morgan fingerprint density at radius 1 is 1.43 bits per heavy atom. The lowest BCUT2D eigenvalue weighted by Crippen LogP contribution is -2.29. The Labute approximate surface area is 86.1 Å². The largest absolute Gasteiger partial charge is 0.357 e. The van der Waals surface area contributed by atoms with E-state index in [-0.39, 0.29) is 0 Å². The van der Waals surface area contributed by atoms with Gasteiger partial charge in [0.1, 0.15) is 0 Å². The predicted octanol–water partition coefficient (Wildman–Crippen LogP) is 2.09. The van der Waals surface area contributed by atoms with E-state index in [1.54, 1.807) is 0 Å². The van der Waals surface area contributed by atoms with Crippen molar-refractivity contribution in [1.29, 1.82) is 0 Å². The molecular weight excluding hydrogens is 172 g/mol. The fourth-order valence-electron chi connectivity index (χ4n) is 2.68. The van der Waals surface area contributed by atoms with E-state index in [1.165, 1.54) is 37.7 Å². The highest BCUT2D eigenvalue weighted by molar-refractivity contribution is 5.13. The van der Waals surface area contributed by atoms with Gasteiger partial charge in [0.25, 0.3) is 0 Å². The van der Waals surface area contributed by atoms with Crippen LogP contribution in [0, 0.1) is 5.41 Å². The van der Waals surface area contributed by atoms with Gasteiger partial charge in [-0.25, -0.2) is 0 Å². The van der Waals surface area contributed by atoms with E-state index in [4.69, 9.17) is 5.73 Å². The molecule has 0 atom stereocenters. The highest BCUT2D eigenvalue weighted by Gasteiger charge is 2.32. The van der Waals surface area contributed by atoms with E-state index in [0.717, 1.165) is 6.54 Å². The van der Waals surface area contributed by atoms with Crippen molar-refractivity contribution in [2.24, 2.45) is 18.2 Å². The molecule has 1 aliphatic carbocycles. The van der Waals surface area contributed by atoms with Crippen molar-refractivity contribution in [3.63, 3.8) is 0 Å². The first-order valence-corrected chi connectivity index (χ1v) is 5.55. The Morgan fingerprint density at radius 2 is 2.14 bits per heavy atom. The molecule has 1 saturated carbocycles. The molecular formula is C12H20N2. The van der Waals surface area contributed by atoms with Crippen molar-refractivity contribution >= 4 is 0 Å². The smallest absolute Gasteiger partial charge is 0.0106 e. The van der Waals surface area contributed by atoms with Gasteiger partial charge in [-0.3, -0.25) is 0 Å². The van der Waals surface area contributed by atoms with Gasteiger partial charge >= 0.3 is 0 Å². The van der Waals surface area contributed by atoms with Crippen LogP contribution in [0.4, 0.5) is 0 Å². The van der Waals surface area contributed by atoms with Crippen LogP contribution in [0.1, 0.15) is 31.2 Å². The van der Waals surface area contributed by atoms with Gasteiger partial charge in [0.05, 0.1) is 0 Å². The van der Waals surface area contributed by atoms with Crippen LogP contribution < -0.4 is 5.73 Å². The van der Waals surface area contributed by atoms with Crippen LogP contribution in [0.5, 0.6) is 0 Å². The van der Waals surface area contributed by atoms with Crippen molar-refractivity contribution in [3.8, 4) is 0 Å². The minimum atomic E-state index is 0.418. The number of nitrogens with two attached hydrogens (primary N) is 1. The Bertz CT molecular complexity index is 295. The lowest BCUT2D eigenvalue weighted by Gasteiger charge is -2.26. The molecule has 0 unspecified atom stereocenters. The highest BCUT2D eigenvalue weighted by atomic mass is 14.9. The van der Waals surface area contributed by atoms with E-state index in [1.807, 2.05) is 0 Å². The fraction of sp³-hybridized carbons (Fsp3) is 0.667. The molecule has 2 heteroatoms. The summed E-state index contributed by atoms with van der Waals surface area (Å²) in [5.41, 5.74) is 7.78. The number of hydrogen-bond acceptors (Lipinski definition) is 1. The van der Waals surface area contributed by atoms with Gasteiger partial charge in [0.2, 0.25) is 0 Å². The molecule has 2 N–H and O–H groups in total. The molecule has 78 valence electrons. The molecule has 0 aromatic carbocycles. The summed E-state index contributed by atoms with van der Waals surface area (Å²) in [4.78, 5) is 0. The summed E-state index contributed by atoms with van der Waals surface area (Å²) in [7, 11) is 2.08. The predicted molar refractivity (Wildman–Crippen MR) is 59.1 cm³/mol. The van der Waals surface area contributed by atoms with Crippen LogP contribution in [0.2, 0.25) is 0 Å². The minimum Gasteiger partial charge on any atom is -0.357 e. The first-order chi connectivity index (χ1) is 6.74.